The van der Waals surface area contributed by atoms with Gasteiger partial charge in [-0.3, -0.25) is 33.7 Å². The van der Waals surface area contributed by atoms with Crippen LogP contribution in [-0.4, -0.2) is 105 Å². The van der Waals surface area contributed by atoms with Crippen LogP contribution >= 0.6 is 0 Å². The van der Waals surface area contributed by atoms with Gasteiger partial charge in [-0.05, 0) is 26.6 Å². The summed E-state index contributed by atoms with van der Waals surface area (Å²) in [4.78, 5) is 57.1. The van der Waals surface area contributed by atoms with Crippen molar-refractivity contribution in [1.29, 1.82) is 0 Å². The zero-order chi connectivity index (χ0) is 26.6. The maximum absolute atomic E-state index is 9.96. The van der Waals surface area contributed by atoms with Crippen molar-refractivity contribution >= 4 is 35.8 Å². The maximum atomic E-state index is 9.96. The molecule has 0 heterocycles. The molecule has 0 amide bonds. The number of rotatable bonds is 6. The van der Waals surface area contributed by atoms with E-state index in [1.54, 1.807) is 0 Å². The molecule has 31 heavy (non-hydrogen) atoms. The van der Waals surface area contributed by atoms with Gasteiger partial charge in [-0.1, -0.05) is 0 Å². The van der Waals surface area contributed by atoms with Crippen LogP contribution in [0.5, 0.6) is 0 Å². The van der Waals surface area contributed by atoms with Gasteiger partial charge in [0.15, 0.2) is 0 Å². The van der Waals surface area contributed by atoms with Gasteiger partial charge in [0.25, 0.3) is 23.9 Å². The Balaban J connectivity index is -0.0000000642. The van der Waals surface area contributed by atoms with E-state index in [2.05, 4.69) is 0 Å². The van der Waals surface area contributed by atoms with Crippen molar-refractivity contribution in [2.24, 2.45) is 11.5 Å². The third kappa shape index (κ3) is 363. The van der Waals surface area contributed by atoms with E-state index in [0.717, 1.165) is 47.2 Å². The minimum absolute atomic E-state index is 0.244. The number of likely N-dealkylation sites (N-methyl/N-ethyl adjacent to an activating group) is 1. The second-order valence-corrected chi connectivity index (χ2v) is 4.97. The second kappa shape index (κ2) is 34.2. The number of aliphatic carboxylic acids is 6. The monoisotopic (exact) mass is 461 g/mol. The number of hydrogen-bond donors (Lipinski definition) is 8. The molecular weight excluding hydrogens is 426 g/mol. The van der Waals surface area contributed by atoms with E-state index in [1.807, 2.05) is 0 Å². The molecule has 0 aromatic carbocycles. The standard InChI is InChI=1S/C5H9NO4.C3H10N2.4C2H4O2/c1-6(2-4(7)8)3-5(9)10;4-2-1-3-5;4*1-2(3)4/h2-3H2,1H3,(H,7,8)(H,9,10);1-5H2;4*1H3,(H,3,4). The van der Waals surface area contributed by atoms with Gasteiger partial charge in [-0.2, -0.15) is 0 Å². The SMILES string of the molecule is CC(=O)O.CC(=O)O.CC(=O)O.CC(=O)O.CN(CC(=O)O)CC(=O)O.NCCCN. The minimum atomic E-state index is -1.02. The van der Waals surface area contributed by atoms with Crippen molar-refractivity contribution < 1.29 is 59.4 Å². The summed E-state index contributed by atoms with van der Waals surface area (Å²) in [7, 11) is 1.43. The zero-order valence-electron chi connectivity index (χ0n) is 18.3. The number of nitrogens with two attached hydrogens (primary N) is 2. The molecule has 0 radical (unpaired) electrons. The maximum Gasteiger partial charge on any atom is 0.317 e. The lowest BCUT2D eigenvalue weighted by atomic mass is 10.4. The fraction of sp³-hybridized carbons (Fsp3) is 0.625. The van der Waals surface area contributed by atoms with Crippen LogP contribution < -0.4 is 11.5 Å². The minimum Gasteiger partial charge on any atom is -0.481 e. The van der Waals surface area contributed by atoms with Gasteiger partial charge in [-0.15, -0.1) is 0 Å². The summed E-state index contributed by atoms with van der Waals surface area (Å²) in [6.45, 7) is 5.28. The Bertz CT molecular complexity index is 416. The lowest BCUT2D eigenvalue weighted by molar-refractivity contribution is -0.141. The molecule has 186 valence electrons. The number of carbonyl (C=O) groups is 6. The Labute approximate surface area is 179 Å². The normalized spacial score (nSPS) is 7.74. The van der Waals surface area contributed by atoms with Crippen LogP contribution in [0.3, 0.4) is 0 Å². The number of carboxylic acid groups (broad SMARTS) is 6. The van der Waals surface area contributed by atoms with Crippen molar-refractivity contribution in [2.45, 2.75) is 34.1 Å². The summed E-state index contributed by atoms with van der Waals surface area (Å²) in [5.74, 6) is -5.38. The van der Waals surface area contributed by atoms with Gasteiger partial charge in [0.05, 0.1) is 13.1 Å². The van der Waals surface area contributed by atoms with Crippen molar-refractivity contribution in [3.63, 3.8) is 0 Å². The van der Waals surface area contributed by atoms with Gasteiger partial charge in [0.1, 0.15) is 0 Å². The molecule has 0 saturated carbocycles. The number of hydrogen-bond acceptors (Lipinski definition) is 9. The first-order valence-corrected chi connectivity index (χ1v) is 8.17. The predicted molar refractivity (Wildman–Crippen MR) is 109 cm³/mol. The highest BCUT2D eigenvalue weighted by Gasteiger charge is 2.06. The topological polar surface area (TPSA) is 279 Å². The van der Waals surface area contributed by atoms with Crippen LogP contribution in [0.2, 0.25) is 0 Å². The van der Waals surface area contributed by atoms with E-state index in [9.17, 15) is 9.59 Å². The largest absolute Gasteiger partial charge is 0.481 e. The van der Waals surface area contributed by atoms with E-state index in [0.29, 0.717) is 0 Å². The molecule has 15 heteroatoms. The van der Waals surface area contributed by atoms with Crippen LogP contribution in [0.4, 0.5) is 0 Å². The molecule has 15 nitrogen and oxygen atoms in total. The van der Waals surface area contributed by atoms with E-state index < -0.39 is 35.8 Å². The molecule has 0 saturated heterocycles. The van der Waals surface area contributed by atoms with Crippen LogP contribution in [0.15, 0.2) is 0 Å². The molecule has 0 unspecified atom stereocenters. The Hall–Kier alpha value is -3.30. The second-order valence-electron chi connectivity index (χ2n) is 4.97. The summed E-state index contributed by atoms with van der Waals surface area (Å²) >= 11 is 0. The van der Waals surface area contributed by atoms with Crippen molar-refractivity contribution in [2.75, 3.05) is 33.2 Å². The third-order valence-corrected chi connectivity index (χ3v) is 1.22. The molecule has 0 spiro atoms. The first-order chi connectivity index (χ1) is 13.9. The molecule has 0 aromatic rings. The average Bonchev–Trinajstić information content (AvgIpc) is 2.44. The summed E-state index contributed by atoms with van der Waals surface area (Å²) in [5, 5.41) is 46.0. The van der Waals surface area contributed by atoms with Crippen molar-refractivity contribution in [3.05, 3.63) is 0 Å². The molecule has 0 aliphatic heterocycles. The van der Waals surface area contributed by atoms with E-state index in [4.69, 9.17) is 61.3 Å². The lowest BCUT2D eigenvalue weighted by Gasteiger charge is -2.08. The number of carboxylic acids is 6. The molecule has 0 rings (SSSR count). The molecule has 0 fully saturated rings. The van der Waals surface area contributed by atoms with Gasteiger partial charge < -0.3 is 42.1 Å². The van der Waals surface area contributed by atoms with Gasteiger partial charge in [0.2, 0.25) is 0 Å². The molecule has 0 aliphatic carbocycles. The van der Waals surface area contributed by atoms with Gasteiger partial charge in [0, 0.05) is 27.7 Å². The van der Waals surface area contributed by atoms with Crippen LogP contribution in [-0.2, 0) is 28.8 Å². The van der Waals surface area contributed by atoms with Crippen molar-refractivity contribution in [3.8, 4) is 0 Å². The fourth-order valence-electron chi connectivity index (χ4n) is 0.636. The molecule has 0 aromatic heterocycles. The highest BCUT2D eigenvalue weighted by molar-refractivity contribution is 5.72. The number of nitrogens with zero attached hydrogens (tertiary/aromatic N) is 1. The smallest absolute Gasteiger partial charge is 0.317 e. The summed E-state index contributed by atoms with van der Waals surface area (Å²) in [5.41, 5.74) is 10.1. The molecular formula is C16H35N3O12. The van der Waals surface area contributed by atoms with E-state index in [1.165, 1.54) is 11.9 Å². The lowest BCUT2D eigenvalue weighted by Crippen LogP contribution is -2.30. The predicted octanol–water partition coefficient (Wildman–Crippen LogP) is -1.26. The van der Waals surface area contributed by atoms with Crippen LogP contribution in [0.25, 0.3) is 0 Å². The fourth-order valence-corrected chi connectivity index (χ4v) is 0.636. The Kier molecular flexibility index (Phi) is 46.3. The average molecular weight is 461 g/mol. The molecule has 0 atom stereocenters. The first-order valence-electron chi connectivity index (χ1n) is 8.17. The van der Waals surface area contributed by atoms with Crippen molar-refractivity contribution in [1.82, 2.24) is 4.90 Å². The third-order valence-electron chi connectivity index (χ3n) is 1.22. The Morgan fingerprint density at radius 2 is 0.742 bits per heavy atom. The molecule has 0 bridgehead atoms. The Morgan fingerprint density at radius 3 is 0.806 bits per heavy atom. The van der Waals surface area contributed by atoms with Gasteiger partial charge >= 0.3 is 11.9 Å². The Morgan fingerprint density at radius 1 is 0.581 bits per heavy atom. The summed E-state index contributed by atoms with van der Waals surface area (Å²) < 4.78 is 0. The summed E-state index contributed by atoms with van der Waals surface area (Å²) in [6, 6.07) is 0. The zero-order valence-corrected chi connectivity index (χ0v) is 18.3. The van der Waals surface area contributed by atoms with E-state index in [-0.39, 0.29) is 13.1 Å². The molecule has 10 N–H and O–H groups in total. The first kappa shape index (κ1) is 41.9. The van der Waals surface area contributed by atoms with Crippen LogP contribution in [0, 0.1) is 0 Å². The van der Waals surface area contributed by atoms with Gasteiger partial charge in [-0.25, -0.2) is 0 Å². The highest BCUT2D eigenvalue weighted by Crippen LogP contribution is 1.80. The quantitative estimate of drug-likeness (QED) is 0.229. The van der Waals surface area contributed by atoms with E-state index >= 15 is 0 Å². The highest BCUT2D eigenvalue weighted by atomic mass is 16.4. The van der Waals surface area contributed by atoms with Crippen LogP contribution in [0.1, 0.15) is 34.1 Å². The molecule has 0 aliphatic rings. The summed E-state index contributed by atoms with van der Waals surface area (Å²) in [6.07, 6.45) is 0.944.